The predicted molar refractivity (Wildman–Crippen MR) is 263 cm³/mol. The van der Waals surface area contributed by atoms with Crippen molar-refractivity contribution >= 4 is 29.7 Å². The quantitative estimate of drug-likeness (QED) is 0.0325. The Morgan fingerprint density at radius 3 is 2.33 bits per heavy atom. The normalized spacial score (nSPS) is 28.4. The van der Waals surface area contributed by atoms with Crippen molar-refractivity contribution in [3.8, 4) is 0 Å². The molecular weight excluding hydrogens is 899 g/mol. The smallest absolute Gasteiger partial charge is 0.329 e. The lowest BCUT2D eigenvalue weighted by Gasteiger charge is -2.42. The molecule has 17 heteroatoms. The summed E-state index contributed by atoms with van der Waals surface area (Å²) in [6.45, 7) is 14.8. The highest BCUT2D eigenvalue weighted by atomic mass is 16.6. The van der Waals surface area contributed by atoms with Crippen LogP contribution in [-0.2, 0) is 47.7 Å². The van der Waals surface area contributed by atoms with E-state index in [9.17, 15) is 34.2 Å². The third-order valence-electron chi connectivity index (χ3n) is 15.0. The first-order valence-electron chi connectivity index (χ1n) is 25.4. The number of piperidine rings is 1. The average molecular weight is 982 g/mol. The van der Waals surface area contributed by atoms with E-state index in [1.807, 2.05) is 51.2 Å². The van der Waals surface area contributed by atoms with E-state index in [0.29, 0.717) is 50.5 Å². The largest absolute Gasteiger partial charge is 0.460 e. The van der Waals surface area contributed by atoms with E-state index in [1.165, 1.54) is 12.0 Å². The van der Waals surface area contributed by atoms with Crippen LogP contribution in [0.2, 0.25) is 0 Å². The maximum atomic E-state index is 14.4. The molecule has 17 nitrogen and oxygen atoms in total. The summed E-state index contributed by atoms with van der Waals surface area (Å²) in [5.41, 5.74) is 1.31. The molecule has 2 aliphatic heterocycles. The average Bonchev–Trinajstić information content (AvgIpc) is 3.90. The van der Waals surface area contributed by atoms with E-state index in [1.54, 1.807) is 59.0 Å². The molecule has 15 atom stereocenters. The number of aliphatic hydroxyl groups is 2. The van der Waals surface area contributed by atoms with Gasteiger partial charge < -0.3 is 43.6 Å². The van der Waals surface area contributed by atoms with Crippen LogP contribution in [0.15, 0.2) is 53.9 Å². The number of carbonyl (C=O) groups is 5. The molecule has 0 bridgehead atoms. The SMILES string of the molecule is COC(CC1CCC(C)C(O)(C(=O)C(=O)N2CCCCC2C(=O)OC(CC(=O)C(C)=CC(C)C(O)C(C)OC)C(C)CC2CCC(n3cnnn3)C(OC)C2)O1)C(C)=CC=CC=CC(C)CC(C)C=O. The van der Waals surface area contributed by atoms with Crippen molar-refractivity contribution in [1.82, 2.24) is 25.1 Å². The lowest BCUT2D eigenvalue weighted by atomic mass is 9.77. The number of ketones is 2. The minimum absolute atomic E-state index is 0.00331. The van der Waals surface area contributed by atoms with Gasteiger partial charge in [-0.1, -0.05) is 71.1 Å². The van der Waals surface area contributed by atoms with Gasteiger partial charge in [-0.05, 0) is 124 Å². The third-order valence-corrected chi connectivity index (χ3v) is 15.0. The first-order chi connectivity index (χ1) is 33.3. The summed E-state index contributed by atoms with van der Waals surface area (Å²) >= 11 is 0. The number of amides is 1. The molecule has 15 unspecified atom stereocenters. The van der Waals surface area contributed by atoms with Gasteiger partial charge in [0.1, 0.15) is 24.8 Å². The van der Waals surface area contributed by atoms with Crippen LogP contribution in [0.25, 0.3) is 0 Å². The molecule has 0 aromatic carbocycles. The van der Waals surface area contributed by atoms with Crippen molar-refractivity contribution in [3.05, 3.63) is 53.9 Å². The predicted octanol–water partition coefficient (Wildman–Crippen LogP) is 6.68. The van der Waals surface area contributed by atoms with Crippen molar-refractivity contribution in [3.63, 3.8) is 0 Å². The Kier molecular flexibility index (Phi) is 23.4. The summed E-state index contributed by atoms with van der Waals surface area (Å²) < 4.78 is 31.2. The number of rotatable bonds is 26. The molecule has 1 aromatic rings. The fourth-order valence-corrected chi connectivity index (χ4v) is 10.3. The lowest BCUT2D eigenvalue weighted by Crippen LogP contribution is -2.61. The molecule has 1 amide bonds. The van der Waals surface area contributed by atoms with Crippen molar-refractivity contribution in [2.75, 3.05) is 27.9 Å². The number of hydrogen-bond donors (Lipinski definition) is 2. The number of methoxy groups -OCH3 is 3. The summed E-state index contributed by atoms with van der Waals surface area (Å²) in [6.07, 6.45) is 16.8. The number of aldehydes is 1. The molecule has 4 rings (SSSR count). The van der Waals surface area contributed by atoms with Crippen LogP contribution in [-0.4, -0.2) is 141 Å². The van der Waals surface area contributed by atoms with Crippen molar-refractivity contribution in [2.45, 2.75) is 187 Å². The van der Waals surface area contributed by atoms with Gasteiger partial charge in [-0.3, -0.25) is 14.4 Å². The standard InChI is InChI=1S/C53H83N5O12/c1-33(25-34(2)31-59)17-13-12-14-18-35(3)46(67-10)29-42-22-20-39(7)53(65,70-42)50(62)51(63)57-24-16-15-19-44(57)52(64)69-47(30-45(60)36(4)26-38(6)49(61)40(8)66-9)37(5)27-41-21-23-43(48(28-41)68-11)58-32-54-55-56-58/h12-14,17-18,26,31-34,37-44,46-49,61,65H,15-16,19-25,27-30H2,1-11H3. The Morgan fingerprint density at radius 2 is 1.67 bits per heavy atom. The summed E-state index contributed by atoms with van der Waals surface area (Å²) in [7, 11) is 4.76. The number of nitrogens with zero attached hydrogens (tertiary/aromatic N) is 5. The van der Waals surface area contributed by atoms with Crippen LogP contribution < -0.4 is 0 Å². The summed E-state index contributed by atoms with van der Waals surface area (Å²) in [6, 6.07) is -1.16. The molecular formula is C53H83N5O12. The van der Waals surface area contributed by atoms with Crippen LogP contribution in [0.3, 0.4) is 0 Å². The van der Waals surface area contributed by atoms with Gasteiger partial charge in [0.15, 0.2) is 5.78 Å². The molecule has 0 radical (unpaired) electrons. The van der Waals surface area contributed by atoms with E-state index in [-0.39, 0.29) is 61.0 Å². The van der Waals surface area contributed by atoms with Gasteiger partial charge in [-0.25, -0.2) is 9.48 Å². The van der Waals surface area contributed by atoms with Crippen LogP contribution >= 0.6 is 0 Å². The first-order valence-corrected chi connectivity index (χ1v) is 25.4. The molecule has 1 aliphatic carbocycles. The maximum Gasteiger partial charge on any atom is 0.329 e. The summed E-state index contributed by atoms with van der Waals surface area (Å²) in [5, 5.41) is 34.5. The van der Waals surface area contributed by atoms with Gasteiger partial charge in [0, 0.05) is 58.5 Å². The molecule has 1 saturated carbocycles. The number of esters is 1. The second kappa shape index (κ2) is 28.1. The maximum absolute atomic E-state index is 14.4. The van der Waals surface area contributed by atoms with Gasteiger partial charge in [-0.2, -0.15) is 0 Å². The van der Waals surface area contributed by atoms with Gasteiger partial charge >= 0.3 is 5.97 Å². The highest BCUT2D eigenvalue weighted by Crippen LogP contribution is 2.39. The zero-order valence-electron chi connectivity index (χ0n) is 43.6. The third kappa shape index (κ3) is 16.1. The lowest BCUT2D eigenvalue weighted by molar-refractivity contribution is -0.265. The fourth-order valence-electron chi connectivity index (χ4n) is 10.3. The van der Waals surface area contributed by atoms with Crippen LogP contribution in [0.5, 0.6) is 0 Å². The molecule has 3 fully saturated rings. The number of Topliss-reactive ketones (excluding diaryl/α,β-unsaturated/α-hetero) is 2. The van der Waals surface area contributed by atoms with Crippen molar-refractivity contribution in [2.24, 2.45) is 35.5 Å². The van der Waals surface area contributed by atoms with Crippen LogP contribution in [0, 0.1) is 35.5 Å². The van der Waals surface area contributed by atoms with Crippen LogP contribution in [0.4, 0.5) is 0 Å². The minimum Gasteiger partial charge on any atom is -0.460 e. The Bertz CT molecular complexity index is 1970. The molecule has 3 heterocycles. The number of hydrogen-bond acceptors (Lipinski definition) is 15. The van der Waals surface area contributed by atoms with Crippen molar-refractivity contribution in [1.29, 1.82) is 0 Å². The second-order valence-corrected chi connectivity index (χ2v) is 20.5. The Morgan fingerprint density at radius 1 is 0.929 bits per heavy atom. The molecule has 392 valence electrons. The van der Waals surface area contributed by atoms with Gasteiger partial charge in [0.25, 0.3) is 11.7 Å². The van der Waals surface area contributed by atoms with E-state index in [4.69, 9.17) is 23.7 Å². The zero-order valence-corrected chi connectivity index (χ0v) is 43.6. The first kappa shape index (κ1) is 58.3. The van der Waals surface area contributed by atoms with E-state index in [0.717, 1.165) is 31.1 Å². The monoisotopic (exact) mass is 982 g/mol. The number of allylic oxidation sites excluding steroid dienone is 6. The molecule has 1 aromatic heterocycles. The zero-order chi connectivity index (χ0) is 51.7. The topological polar surface area (TPSA) is 219 Å². The fraction of sp³-hybridized carbons (Fsp3) is 0.736. The molecule has 3 aliphatic rings. The Labute approximate surface area is 415 Å². The highest BCUT2D eigenvalue weighted by Gasteiger charge is 2.53. The second-order valence-electron chi connectivity index (χ2n) is 20.5. The summed E-state index contributed by atoms with van der Waals surface area (Å²) in [5.74, 6) is -6.57. The number of tetrazole rings is 1. The van der Waals surface area contributed by atoms with Gasteiger partial charge in [-0.15, -0.1) is 5.10 Å². The molecule has 2 N–H and O–H groups in total. The Hall–Kier alpha value is -4.26. The number of ether oxygens (including phenoxy) is 5. The number of carbonyl (C=O) groups excluding carboxylic acids is 5. The molecule has 2 saturated heterocycles. The number of likely N-dealkylation sites (tertiary alicyclic amines) is 1. The highest BCUT2D eigenvalue weighted by molar-refractivity contribution is 6.39. The molecule has 70 heavy (non-hydrogen) atoms. The summed E-state index contributed by atoms with van der Waals surface area (Å²) in [4.78, 5) is 69.3. The van der Waals surface area contributed by atoms with Gasteiger partial charge in [0.2, 0.25) is 5.79 Å². The van der Waals surface area contributed by atoms with Gasteiger partial charge in [0.05, 0.1) is 36.6 Å². The number of aliphatic hydroxyl groups excluding tert-OH is 1. The van der Waals surface area contributed by atoms with Crippen LogP contribution in [0.1, 0.15) is 138 Å². The van der Waals surface area contributed by atoms with E-state index in [2.05, 4.69) is 22.4 Å². The molecule has 0 spiro atoms. The minimum atomic E-state index is -2.44. The van der Waals surface area contributed by atoms with Crippen molar-refractivity contribution < 1.29 is 57.9 Å². The number of aromatic nitrogens is 4. The van der Waals surface area contributed by atoms with E-state index >= 15 is 0 Å². The van der Waals surface area contributed by atoms with E-state index < -0.39 is 71.8 Å². The Balaban J connectivity index is 1.50.